The number of anilines is 2. The molecule has 3 aromatic rings. The Morgan fingerprint density at radius 2 is 2.00 bits per heavy atom. The van der Waals surface area contributed by atoms with Crippen molar-refractivity contribution in [2.24, 2.45) is 0 Å². The lowest BCUT2D eigenvalue weighted by Gasteiger charge is -2.40. The second kappa shape index (κ2) is 11.0. The minimum absolute atomic E-state index is 0.0607. The van der Waals surface area contributed by atoms with Gasteiger partial charge in [-0.15, -0.1) is 11.3 Å². The number of hydrogen-bond acceptors (Lipinski definition) is 10. The van der Waals surface area contributed by atoms with E-state index in [1.807, 2.05) is 6.07 Å². The first-order chi connectivity index (χ1) is 19.0. The first kappa shape index (κ1) is 28.4. The van der Waals surface area contributed by atoms with Crippen molar-refractivity contribution in [2.75, 3.05) is 36.6 Å². The summed E-state index contributed by atoms with van der Waals surface area (Å²) in [6, 6.07) is 8.50. The Labute approximate surface area is 237 Å². The van der Waals surface area contributed by atoms with Gasteiger partial charge in [-0.3, -0.25) is 0 Å². The van der Waals surface area contributed by atoms with Gasteiger partial charge in [-0.1, -0.05) is 0 Å². The van der Waals surface area contributed by atoms with E-state index in [-0.39, 0.29) is 17.0 Å². The number of aliphatic hydroxyl groups is 1. The lowest BCUT2D eigenvalue weighted by molar-refractivity contribution is 0.0985. The fourth-order valence-corrected chi connectivity index (χ4v) is 8.15. The maximum absolute atomic E-state index is 13.9. The van der Waals surface area contributed by atoms with Crippen molar-refractivity contribution in [1.29, 1.82) is 0 Å². The number of morpholine rings is 1. The highest BCUT2D eigenvalue weighted by molar-refractivity contribution is 7.94. The number of aromatic nitrogens is 3. The molecule has 1 aromatic carbocycles. The third-order valence-electron chi connectivity index (χ3n) is 7.40. The summed E-state index contributed by atoms with van der Waals surface area (Å²) in [7, 11) is -3.77. The van der Waals surface area contributed by atoms with Gasteiger partial charge >= 0.3 is 6.03 Å². The molecule has 2 aromatic heterocycles. The molecule has 0 spiro atoms. The van der Waals surface area contributed by atoms with Gasteiger partial charge in [0.2, 0.25) is 14.2 Å². The van der Waals surface area contributed by atoms with E-state index < -0.39 is 26.2 Å². The van der Waals surface area contributed by atoms with Crippen LogP contribution in [0.3, 0.4) is 0 Å². The number of ether oxygens (including phenoxy) is 1. The molecule has 1 atom stereocenters. The molecule has 3 heterocycles. The number of nitrogens with zero attached hydrogens (tertiary/aromatic N) is 4. The summed E-state index contributed by atoms with van der Waals surface area (Å²) in [4.78, 5) is 28.3. The van der Waals surface area contributed by atoms with Crippen LogP contribution >= 0.6 is 11.3 Å². The average Bonchev–Trinajstić information content (AvgIpc) is 3.44. The molecule has 214 valence electrons. The van der Waals surface area contributed by atoms with Gasteiger partial charge in [-0.05, 0) is 64.3 Å². The van der Waals surface area contributed by atoms with Crippen LogP contribution in [0.25, 0.3) is 11.4 Å². The van der Waals surface area contributed by atoms with Crippen molar-refractivity contribution in [3.63, 3.8) is 0 Å². The SMILES string of the molecule is C[C@H]1COCCN1c1cc(C2(S(=O)(=O)c3nccs3)CCC2)nc(-c2ccc(NC(=O)NC(C)(C)CO)cc2)n1. The van der Waals surface area contributed by atoms with E-state index in [1.54, 1.807) is 43.5 Å². The lowest BCUT2D eigenvalue weighted by atomic mass is 9.81. The van der Waals surface area contributed by atoms with Crippen LogP contribution in [0, 0.1) is 0 Å². The Bertz CT molecular complexity index is 1460. The van der Waals surface area contributed by atoms with Crippen LogP contribution in [-0.4, -0.2) is 72.5 Å². The number of amides is 2. The Balaban J connectivity index is 1.52. The van der Waals surface area contributed by atoms with Gasteiger partial charge in [0, 0.05) is 35.4 Å². The van der Waals surface area contributed by atoms with E-state index in [4.69, 9.17) is 14.7 Å². The fourth-order valence-electron chi connectivity index (χ4n) is 4.89. The van der Waals surface area contributed by atoms with Gasteiger partial charge in [-0.2, -0.15) is 0 Å². The van der Waals surface area contributed by atoms with Crippen LogP contribution in [-0.2, 0) is 19.3 Å². The number of rotatable bonds is 8. The molecule has 5 rings (SSSR count). The maximum atomic E-state index is 13.9. The van der Waals surface area contributed by atoms with Crippen LogP contribution < -0.4 is 15.5 Å². The molecule has 1 aliphatic heterocycles. The number of urea groups is 1. The summed E-state index contributed by atoms with van der Waals surface area (Å²) >= 11 is 1.12. The Morgan fingerprint density at radius 3 is 2.60 bits per heavy atom. The van der Waals surface area contributed by atoms with Crippen molar-refractivity contribution >= 4 is 38.7 Å². The summed E-state index contributed by atoms with van der Waals surface area (Å²) in [5.74, 6) is 1.06. The normalized spacial score (nSPS) is 19.1. The summed E-state index contributed by atoms with van der Waals surface area (Å²) in [5.41, 5.74) is 0.948. The third kappa shape index (κ3) is 5.42. The quantitative estimate of drug-likeness (QED) is 0.360. The molecule has 0 bridgehead atoms. The van der Waals surface area contributed by atoms with E-state index in [0.717, 1.165) is 17.8 Å². The number of carbonyl (C=O) groups excluding carboxylic acids is 1. The number of sulfone groups is 1. The average molecular weight is 587 g/mol. The molecule has 2 amide bonds. The topological polar surface area (TPSA) is 147 Å². The van der Waals surface area contributed by atoms with Crippen molar-refractivity contribution in [1.82, 2.24) is 20.3 Å². The largest absolute Gasteiger partial charge is 0.394 e. The number of carbonyl (C=O) groups is 1. The van der Waals surface area contributed by atoms with Gasteiger partial charge in [0.1, 0.15) is 10.6 Å². The highest BCUT2D eigenvalue weighted by Crippen LogP contribution is 2.51. The van der Waals surface area contributed by atoms with Gasteiger partial charge in [0.15, 0.2) is 5.82 Å². The van der Waals surface area contributed by atoms with Crippen LogP contribution in [0.1, 0.15) is 45.7 Å². The molecule has 0 unspecified atom stereocenters. The van der Waals surface area contributed by atoms with E-state index in [9.17, 15) is 18.3 Å². The standard InChI is InChI=1S/C27H34N6O5S2/c1-18-16-38-13-12-33(18)22-15-21(27(9-4-10-27)40(36,37)25-28-11-14-39-25)30-23(31-22)19-5-7-20(8-6-19)29-24(35)32-26(2,3)17-34/h5-8,11,14-15,18,34H,4,9-10,12-13,16-17H2,1-3H3,(H2,29,32,35)/t18-/m0/s1. The molecule has 2 fully saturated rings. The molecular formula is C27H34N6O5S2. The maximum Gasteiger partial charge on any atom is 0.319 e. The predicted octanol–water partition coefficient (Wildman–Crippen LogP) is 3.57. The molecular weight excluding hydrogens is 552 g/mol. The molecule has 40 heavy (non-hydrogen) atoms. The Kier molecular flexibility index (Phi) is 7.83. The third-order valence-corrected chi connectivity index (χ3v) is 11.1. The minimum Gasteiger partial charge on any atom is -0.394 e. The first-order valence-corrected chi connectivity index (χ1v) is 15.6. The van der Waals surface area contributed by atoms with Gasteiger partial charge in [0.05, 0.1) is 37.1 Å². The highest BCUT2D eigenvalue weighted by Gasteiger charge is 2.53. The second-order valence-electron chi connectivity index (χ2n) is 10.9. The summed E-state index contributed by atoms with van der Waals surface area (Å²) in [6.07, 6.45) is 3.22. The zero-order valence-corrected chi connectivity index (χ0v) is 24.4. The summed E-state index contributed by atoms with van der Waals surface area (Å²) < 4.78 is 32.3. The first-order valence-electron chi connectivity index (χ1n) is 13.2. The molecule has 11 nitrogen and oxygen atoms in total. The molecule has 1 aliphatic carbocycles. The van der Waals surface area contributed by atoms with Crippen molar-refractivity contribution in [3.8, 4) is 11.4 Å². The zero-order valence-electron chi connectivity index (χ0n) is 22.8. The Hall–Kier alpha value is -3.13. The molecule has 2 aliphatic rings. The number of benzene rings is 1. The summed E-state index contributed by atoms with van der Waals surface area (Å²) in [5, 5.41) is 16.5. The molecule has 1 saturated carbocycles. The monoisotopic (exact) mass is 586 g/mol. The van der Waals surface area contributed by atoms with Gasteiger partial charge in [0.25, 0.3) is 0 Å². The van der Waals surface area contributed by atoms with Gasteiger partial charge in [-0.25, -0.2) is 28.2 Å². The minimum atomic E-state index is -3.77. The van der Waals surface area contributed by atoms with Gasteiger partial charge < -0.3 is 25.4 Å². The number of nitrogens with one attached hydrogen (secondary N) is 2. The summed E-state index contributed by atoms with van der Waals surface area (Å²) in [6.45, 7) is 7.02. The van der Waals surface area contributed by atoms with Crippen molar-refractivity contribution in [2.45, 2.75) is 60.7 Å². The van der Waals surface area contributed by atoms with Crippen molar-refractivity contribution < 1.29 is 23.1 Å². The zero-order chi connectivity index (χ0) is 28.5. The van der Waals surface area contributed by atoms with E-state index >= 15 is 0 Å². The number of hydrogen-bond donors (Lipinski definition) is 3. The molecule has 13 heteroatoms. The number of thiazole rings is 1. The van der Waals surface area contributed by atoms with Crippen LogP contribution in [0.2, 0.25) is 0 Å². The second-order valence-corrected chi connectivity index (χ2v) is 14.2. The van der Waals surface area contributed by atoms with E-state index in [0.29, 0.717) is 61.2 Å². The lowest BCUT2D eigenvalue weighted by Crippen LogP contribution is -2.48. The van der Waals surface area contributed by atoms with Crippen molar-refractivity contribution in [3.05, 3.63) is 47.6 Å². The predicted molar refractivity (Wildman–Crippen MR) is 153 cm³/mol. The van der Waals surface area contributed by atoms with Crippen LogP contribution in [0.15, 0.2) is 46.2 Å². The molecule has 0 radical (unpaired) electrons. The van der Waals surface area contributed by atoms with E-state index in [1.165, 1.54) is 6.20 Å². The highest BCUT2D eigenvalue weighted by atomic mass is 32.2. The molecule has 1 saturated heterocycles. The molecule has 3 N–H and O–H groups in total. The van der Waals surface area contributed by atoms with Crippen LogP contribution in [0.5, 0.6) is 0 Å². The van der Waals surface area contributed by atoms with E-state index in [2.05, 4.69) is 27.4 Å². The fraction of sp³-hybridized carbons (Fsp3) is 0.481. The smallest absolute Gasteiger partial charge is 0.319 e. The Morgan fingerprint density at radius 1 is 1.25 bits per heavy atom. The number of aliphatic hydroxyl groups excluding tert-OH is 1. The van der Waals surface area contributed by atoms with Crippen LogP contribution in [0.4, 0.5) is 16.3 Å².